The number of hydrogen-bond donors (Lipinski definition) is 2. The average molecular weight is 604 g/mol. The minimum atomic E-state index is -1.03. The van der Waals surface area contributed by atoms with Crippen LogP contribution >= 0.6 is 22.9 Å². The lowest BCUT2D eigenvalue weighted by atomic mass is 9.95. The van der Waals surface area contributed by atoms with Gasteiger partial charge in [-0.15, -0.1) is 11.3 Å². The van der Waals surface area contributed by atoms with Crippen LogP contribution in [0.1, 0.15) is 56.5 Å². The van der Waals surface area contributed by atoms with Gasteiger partial charge >= 0.3 is 23.8 Å². The van der Waals surface area contributed by atoms with Crippen molar-refractivity contribution in [2.24, 2.45) is 5.10 Å². The van der Waals surface area contributed by atoms with Crippen LogP contribution in [0.2, 0.25) is 5.02 Å². The Morgan fingerprint density at radius 1 is 0.952 bits per heavy atom. The first-order valence-corrected chi connectivity index (χ1v) is 14.5. The number of halogens is 1. The fourth-order valence-electron chi connectivity index (χ4n) is 4.68. The van der Waals surface area contributed by atoms with Crippen molar-refractivity contribution < 1.29 is 28.7 Å². The van der Waals surface area contributed by atoms with Crippen LogP contribution in [-0.2, 0) is 27.2 Å². The molecule has 0 aliphatic heterocycles. The molecule has 1 aromatic heterocycles. The average Bonchev–Trinajstić information content (AvgIpc) is 3.36. The zero-order chi connectivity index (χ0) is 29.6. The number of ether oxygens (including phenoxy) is 2. The van der Waals surface area contributed by atoms with Gasteiger partial charge in [0.15, 0.2) is 0 Å². The smallest absolute Gasteiger partial charge is 0.343 e. The maximum absolute atomic E-state index is 12.8. The Hall–Kier alpha value is -4.54. The van der Waals surface area contributed by atoms with E-state index in [9.17, 15) is 19.2 Å². The van der Waals surface area contributed by atoms with Gasteiger partial charge in [0.25, 0.3) is 0 Å². The van der Waals surface area contributed by atoms with Crippen LogP contribution in [0.4, 0.5) is 5.00 Å². The largest absolute Gasteiger partial charge is 0.462 e. The van der Waals surface area contributed by atoms with Gasteiger partial charge in [0.05, 0.1) is 23.9 Å². The quantitative estimate of drug-likeness (QED) is 0.0889. The Kier molecular flexibility index (Phi) is 8.94. The number of hydrogen-bond acceptors (Lipinski definition) is 8. The van der Waals surface area contributed by atoms with Crippen LogP contribution in [0.15, 0.2) is 65.8 Å². The summed E-state index contributed by atoms with van der Waals surface area (Å²) in [5.74, 6) is -2.94. The van der Waals surface area contributed by atoms with Gasteiger partial charge in [-0.1, -0.05) is 41.9 Å². The fraction of sp³-hybridized carbons (Fsp3) is 0.194. The molecule has 0 saturated carbocycles. The Morgan fingerprint density at radius 3 is 2.50 bits per heavy atom. The van der Waals surface area contributed by atoms with Crippen LogP contribution in [-0.4, -0.2) is 36.6 Å². The summed E-state index contributed by atoms with van der Waals surface area (Å²) in [6.45, 7) is 1.90. The highest BCUT2D eigenvalue weighted by atomic mass is 35.5. The molecule has 5 rings (SSSR count). The Morgan fingerprint density at radius 2 is 1.71 bits per heavy atom. The molecule has 0 fully saturated rings. The van der Waals surface area contributed by atoms with E-state index in [2.05, 4.69) is 15.8 Å². The van der Waals surface area contributed by atoms with E-state index in [1.807, 2.05) is 24.3 Å². The Bertz CT molecular complexity index is 1710. The molecular formula is C31H26ClN3O6S. The first-order chi connectivity index (χ1) is 20.4. The minimum Gasteiger partial charge on any atom is -0.462 e. The van der Waals surface area contributed by atoms with Crippen molar-refractivity contribution in [1.29, 1.82) is 0 Å². The molecule has 0 bridgehead atoms. The summed E-state index contributed by atoms with van der Waals surface area (Å²) in [7, 11) is 0. The molecule has 11 heteroatoms. The molecule has 42 heavy (non-hydrogen) atoms. The summed E-state index contributed by atoms with van der Waals surface area (Å²) in [5, 5.41) is 8.87. The highest BCUT2D eigenvalue weighted by molar-refractivity contribution is 7.17. The second kappa shape index (κ2) is 13.0. The third-order valence-electron chi connectivity index (χ3n) is 6.66. The van der Waals surface area contributed by atoms with E-state index >= 15 is 0 Å². The van der Waals surface area contributed by atoms with Crippen molar-refractivity contribution in [3.63, 3.8) is 0 Å². The van der Waals surface area contributed by atoms with Gasteiger partial charge in [0, 0.05) is 15.5 Å². The van der Waals surface area contributed by atoms with Crippen molar-refractivity contribution in [2.75, 3.05) is 11.9 Å². The van der Waals surface area contributed by atoms with Crippen molar-refractivity contribution in [3.8, 4) is 5.75 Å². The van der Waals surface area contributed by atoms with Crippen LogP contribution in [0.3, 0.4) is 0 Å². The second-order valence-electron chi connectivity index (χ2n) is 9.38. The molecule has 1 aliphatic carbocycles. The molecule has 2 amide bonds. The molecule has 0 saturated heterocycles. The maximum atomic E-state index is 12.8. The van der Waals surface area contributed by atoms with Crippen LogP contribution < -0.4 is 15.5 Å². The highest BCUT2D eigenvalue weighted by Crippen LogP contribution is 2.38. The van der Waals surface area contributed by atoms with Crippen molar-refractivity contribution in [1.82, 2.24) is 5.43 Å². The number of rotatable bonds is 7. The van der Waals surface area contributed by atoms with Gasteiger partial charge in [-0.3, -0.25) is 9.59 Å². The fourth-order valence-corrected chi connectivity index (χ4v) is 6.08. The van der Waals surface area contributed by atoms with Crippen LogP contribution in [0.25, 0.3) is 10.8 Å². The summed E-state index contributed by atoms with van der Waals surface area (Å²) >= 11 is 7.21. The summed E-state index contributed by atoms with van der Waals surface area (Å²) in [5.41, 5.74) is 4.13. The third-order valence-corrected chi connectivity index (χ3v) is 8.12. The number of hydrazone groups is 1. The predicted octanol–water partition coefficient (Wildman–Crippen LogP) is 5.92. The number of nitrogens with zero attached hydrogens (tertiary/aromatic N) is 1. The number of nitrogens with one attached hydrogen (secondary N) is 2. The summed E-state index contributed by atoms with van der Waals surface area (Å²) in [6.07, 6.45) is 4.75. The van der Waals surface area contributed by atoms with Crippen molar-refractivity contribution in [2.45, 2.75) is 32.6 Å². The van der Waals surface area contributed by atoms with Gasteiger partial charge in [0.1, 0.15) is 10.8 Å². The SMILES string of the molecule is CCOC(=O)c1c(NC(=O)C(=O)NN=Cc2c(OC(=O)c3ccc(Cl)cc3)ccc3ccccc23)sc2c1CCCC2. The van der Waals surface area contributed by atoms with Crippen molar-refractivity contribution >= 4 is 68.7 Å². The van der Waals surface area contributed by atoms with Gasteiger partial charge in [-0.25, -0.2) is 15.0 Å². The topological polar surface area (TPSA) is 123 Å². The molecule has 1 aliphatic rings. The lowest BCUT2D eigenvalue weighted by Gasteiger charge is -2.12. The number of benzene rings is 3. The zero-order valence-corrected chi connectivity index (χ0v) is 24.1. The predicted molar refractivity (Wildman–Crippen MR) is 162 cm³/mol. The molecule has 0 radical (unpaired) electrons. The lowest BCUT2D eigenvalue weighted by molar-refractivity contribution is -0.136. The molecule has 0 unspecified atom stereocenters. The van der Waals surface area contributed by atoms with E-state index in [1.165, 1.54) is 17.6 Å². The molecular weight excluding hydrogens is 578 g/mol. The lowest BCUT2D eigenvalue weighted by Crippen LogP contribution is -2.32. The van der Waals surface area contributed by atoms with Crippen LogP contribution in [0.5, 0.6) is 5.75 Å². The van der Waals surface area contributed by atoms with E-state index < -0.39 is 23.8 Å². The monoisotopic (exact) mass is 603 g/mol. The highest BCUT2D eigenvalue weighted by Gasteiger charge is 2.28. The number of anilines is 1. The molecule has 214 valence electrons. The maximum Gasteiger partial charge on any atom is 0.343 e. The molecule has 9 nitrogen and oxygen atoms in total. The second-order valence-corrected chi connectivity index (χ2v) is 10.9. The van der Waals surface area contributed by atoms with Gasteiger partial charge in [-0.2, -0.15) is 5.10 Å². The number of fused-ring (bicyclic) bond motifs is 2. The van der Waals surface area contributed by atoms with E-state index in [0.29, 0.717) is 33.5 Å². The van der Waals surface area contributed by atoms with E-state index in [0.717, 1.165) is 35.1 Å². The molecule has 0 spiro atoms. The Balaban J connectivity index is 1.34. The first kappa shape index (κ1) is 29.0. The van der Waals surface area contributed by atoms with Gasteiger partial charge < -0.3 is 14.8 Å². The molecule has 2 N–H and O–H groups in total. The van der Waals surface area contributed by atoms with E-state index in [1.54, 1.807) is 43.3 Å². The Labute approximate surface area is 250 Å². The van der Waals surface area contributed by atoms with Crippen molar-refractivity contribution in [3.05, 3.63) is 92.8 Å². The minimum absolute atomic E-state index is 0.192. The number of thiophene rings is 1. The number of aryl methyl sites for hydroxylation is 1. The van der Waals surface area contributed by atoms with Gasteiger partial charge in [0.2, 0.25) is 0 Å². The molecule has 3 aromatic carbocycles. The van der Waals surface area contributed by atoms with Gasteiger partial charge in [-0.05, 0) is 79.3 Å². The number of esters is 2. The molecule has 0 atom stereocenters. The van der Waals surface area contributed by atoms with Crippen LogP contribution in [0, 0.1) is 0 Å². The molecule has 1 heterocycles. The third kappa shape index (κ3) is 6.35. The summed E-state index contributed by atoms with van der Waals surface area (Å²) < 4.78 is 10.9. The van der Waals surface area contributed by atoms with E-state index in [4.69, 9.17) is 21.1 Å². The number of amides is 2. The summed E-state index contributed by atoms with van der Waals surface area (Å²) in [6, 6.07) is 17.1. The first-order valence-electron chi connectivity index (χ1n) is 13.3. The zero-order valence-electron chi connectivity index (χ0n) is 22.6. The molecule has 4 aromatic rings. The number of carbonyl (C=O) groups is 4. The normalized spacial score (nSPS) is 12.5. The summed E-state index contributed by atoms with van der Waals surface area (Å²) in [4.78, 5) is 51.9. The standard InChI is InChI=1S/C31H26ClN3O6S/c1-2-40-31(39)26-22-9-5-6-10-25(22)42-29(26)34-27(36)28(37)35-33-17-23-21-8-4-3-7-18(21)13-16-24(23)41-30(38)19-11-14-20(32)15-12-19/h3-4,7-8,11-17H,2,5-6,9-10H2,1H3,(H,34,36)(H,35,37). The van der Waals surface area contributed by atoms with E-state index in [-0.39, 0.29) is 17.4 Å². The number of carbonyl (C=O) groups excluding carboxylic acids is 4.